The van der Waals surface area contributed by atoms with Crippen LogP contribution in [0.4, 0.5) is 0 Å². The molecule has 0 heterocycles. The zero-order valence-electron chi connectivity index (χ0n) is 10.8. The van der Waals surface area contributed by atoms with E-state index in [0.29, 0.717) is 6.42 Å². The molecule has 1 aliphatic rings. The molecule has 0 saturated heterocycles. The van der Waals surface area contributed by atoms with Crippen LogP contribution in [0, 0.1) is 0 Å². The molecule has 3 N–H and O–H groups in total. The molecule has 0 amide bonds. The molecule has 1 aliphatic carbocycles. The Morgan fingerprint density at radius 3 is 2.59 bits per heavy atom. The molecule has 1 saturated carbocycles. The van der Waals surface area contributed by atoms with Crippen molar-refractivity contribution in [1.82, 2.24) is 0 Å². The Morgan fingerprint density at radius 1 is 1.35 bits per heavy atom. The van der Waals surface area contributed by atoms with Crippen LogP contribution < -0.4 is 5.73 Å². The molecule has 1 atom stereocenters. The normalized spacial score (nSPS) is 21.1. The van der Waals surface area contributed by atoms with Crippen molar-refractivity contribution >= 4 is 17.7 Å². The topological polar surface area (TPSA) is 63.3 Å². The van der Waals surface area contributed by atoms with Gasteiger partial charge in [-0.1, -0.05) is 25.7 Å². The largest absolute Gasteiger partial charge is 0.480 e. The van der Waals surface area contributed by atoms with E-state index >= 15 is 0 Å². The van der Waals surface area contributed by atoms with E-state index in [2.05, 4.69) is 11.8 Å². The number of hydrogen-bond acceptors (Lipinski definition) is 3. The van der Waals surface area contributed by atoms with Crippen LogP contribution >= 0.6 is 11.8 Å². The van der Waals surface area contributed by atoms with Gasteiger partial charge in [-0.2, -0.15) is 11.8 Å². The van der Waals surface area contributed by atoms with Crippen molar-refractivity contribution in [1.29, 1.82) is 0 Å². The maximum Gasteiger partial charge on any atom is 0.323 e. The average Bonchev–Trinajstić information content (AvgIpc) is 2.29. The van der Waals surface area contributed by atoms with Crippen LogP contribution in [-0.4, -0.2) is 27.6 Å². The lowest BCUT2D eigenvalue weighted by molar-refractivity contribution is -0.142. The quantitative estimate of drug-likeness (QED) is 0.690. The van der Waals surface area contributed by atoms with Crippen LogP contribution in [0.1, 0.15) is 58.3 Å². The second-order valence-electron chi connectivity index (χ2n) is 5.31. The number of rotatable bonds is 7. The third-order valence-electron chi connectivity index (χ3n) is 3.48. The molecule has 1 fully saturated rings. The van der Waals surface area contributed by atoms with Crippen molar-refractivity contribution in [2.75, 3.05) is 5.75 Å². The lowest BCUT2D eigenvalue weighted by Crippen LogP contribution is -2.44. The SMILES string of the molecule is CC(N)(CCCCSC1CCCCC1)C(=O)O. The highest BCUT2D eigenvalue weighted by molar-refractivity contribution is 7.99. The van der Waals surface area contributed by atoms with Gasteiger partial charge in [0.05, 0.1) is 0 Å². The van der Waals surface area contributed by atoms with E-state index in [1.165, 1.54) is 32.1 Å². The molecule has 17 heavy (non-hydrogen) atoms. The van der Waals surface area contributed by atoms with Gasteiger partial charge in [-0.15, -0.1) is 0 Å². The van der Waals surface area contributed by atoms with E-state index in [0.717, 1.165) is 23.8 Å². The van der Waals surface area contributed by atoms with Crippen LogP contribution in [0.5, 0.6) is 0 Å². The van der Waals surface area contributed by atoms with E-state index in [9.17, 15) is 4.79 Å². The highest BCUT2D eigenvalue weighted by Gasteiger charge is 2.26. The van der Waals surface area contributed by atoms with Crippen LogP contribution in [-0.2, 0) is 4.79 Å². The summed E-state index contributed by atoms with van der Waals surface area (Å²) in [7, 11) is 0. The van der Waals surface area contributed by atoms with Crippen molar-refractivity contribution in [3.8, 4) is 0 Å². The van der Waals surface area contributed by atoms with Gasteiger partial charge in [-0.05, 0) is 38.4 Å². The van der Waals surface area contributed by atoms with Gasteiger partial charge in [0.1, 0.15) is 5.54 Å². The molecule has 0 aliphatic heterocycles. The first-order valence-electron chi connectivity index (χ1n) is 6.66. The Labute approximate surface area is 109 Å². The summed E-state index contributed by atoms with van der Waals surface area (Å²) in [5.41, 5.74) is 4.63. The summed E-state index contributed by atoms with van der Waals surface area (Å²) in [6.45, 7) is 1.60. The van der Waals surface area contributed by atoms with Gasteiger partial charge in [0, 0.05) is 5.25 Å². The van der Waals surface area contributed by atoms with Crippen molar-refractivity contribution in [3.05, 3.63) is 0 Å². The molecule has 4 heteroatoms. The number of carboxylic acids is 1. The van der Waals surface area contributed by atoms with Gasteiger partial charge in [0.25, 0.3) is 0 Å². The third kappa shape index (κ3) is 5.77. The predicted molar refractivity (Wildman–Crippen MR) is 73.4 cm³/mol. The standard InChI is InChI=1S/C13H25NO2S/c1-13(14,12(15)16)9-5-6-10-17-11-7-3-2-4-8-11/h11H,2-10,14H2,1H3,(H,15,16). The van der Waals surface area contributed by atoms with Crippen LogP contribution in [0.3, 0.4) is 0 Å². The molecule has 1 rings (SSSR count). The first-order chi connectivity index (χ1) is 8.02. The lowest BCUT2D eigenvalue weighted by Gasteiger charge is -2.21. The molecule has 0 aromatic carbocycles. The monoisotopic (exact) mass is 259 g/mol. The van der Waals surface area contributed by atoms with Gasteiger partial charge < -0.3 is 10.8 Å². The van der Waals surface area contributed by atoms with Crippen LogP contribution in [0.2, 0.25) is 0 Å². The molecular formula is C13H25NO2S. The second kappa shape index (κ2) is 7.27. The zero-order chi connectivity index (χ0) is 12.7. The van der Waals surface area contributed by atoms with E-state index in [-0.39, 0.29) is 0 Å². The first kappa shape index (κ1) is 14.8. The Bertz CT molecular complexity index is 238. The van der Waals surface area contributed by atoms with Gasteiger partial charge in [-0.25, -0.2) is 0 Å². The smallest absolute Gasteiger partial charge is 0.323 e. The number of unbranched alkanes of at least 4 members (excludes halogenated alkanes) is 1. The number of carbonyl (C=O) groups is 1. The summed E-state index contributed by atoms with van der Waals surface area (Å²) >= 11 is 2.07. The number of carboxylic acid groups (broad SMARTS) is 1. The fourth-order valence-corrected chi connectivity index (χ4v) is 3.55. The van der Waals surface area contributed by atoms with E-state index in [1.807, 2.05) is 0 Å². The van der Waals surface area contributed by atoms with Gasteiger partial charge in [-0.3, -0.25) is 4.79 Å². The van der Waals surface area contributed by atoms with Crippen LogP contribution in [0.25, 0.3) is 0 Å². The van der Waals surface area contributed by atoms with Crippen molar-refractivity contribution in [2.24, 2.45) is 5.73 Å². The zero-order valence-corrected chi connectivity index (χ0v) is 11.6. The molecule has 3 nitrogen and oxygen atoms in total. The summed E-state index contributed by atoms with van der Waals surface area (Å²) < 4.78 is 0. The summed E-state index contributed by atoms with van der Waals surface area (Å²) in [5.74, 6) is 0.262. The fourth-order valence-electron chi connectivity index (χ4n) is 2.18. The highest BCUT2D eigenvalue weighted by Crippen LogP contribution is 2.29. The first-order valence-corrected chi connectivity index (χ1v) is 7.71. The van der Waals surface area contributed by atoms with Gasteiger partial charge in [0.15, 0.2) is 0 Å². The number of hydrogen-bond donors (Lipinski definition) is 2. The minimum Gasteiger partial charge on any atom is -0.480 e. The maximum atomic E-state index is 10.8. The van der Waals surface area contributed by atoms with Crippen molar-refractivity contribution in [2.45, 2.75) is 69.1 Å². The maximum absolute atomic E-state index is 10.8. The Balaban J connectivity index is 2.02. The van der Waals surface area contributed by atoms with Gasteiger partial charge >= 0.3 is 5.97 Å². The van der Waals surface area contributed by atoms with E-state index < -0.39 is 11.5 Å². The number of aliphatic carboxylic acids is 1. The molecule has 0 spiro atoms. The summed E-state index contributed by atoms with van der Waals surface area (Å²) in [4.78, 5) is 10.8. The minimum absolute atomic E-state index is 0.577. The Kier molecular flexibility index (Phi) is 6.34. The summed E-state index contributed by atoms with van der Waals surface area (Å²) in [5, 5.41) is 9.73. The molecule has 100 valence electrons. The van der Waals surface area contributed by atoms with E-state index in [4.69, 9.17) is 10.8 Å². The second-order valence-corrected chi connectivity index (χ2v) is 6.72. The molecule has 0 radical (unpaired) electrons. The third-order valence-corrected chi connectivity index (χ3v) is 4.95. The minimum atomic E-state index is -1.05. The highest BCUT2D eigenvalue weighted by atomic mass is 32.2. The van der Waals surface area contributed by atoms with Gasteiger partial charge in [0.2, 0.25) is 0 Å². The Morgan fingerprint density at radius 2 is 2.00 bits per heavy atom. The van der Waals surface area contributed by atoms with Crippen molar-refractivity contribution in [3.63, 3.8) is 0 Å². The molecular weight excluding hydrogens is 234 g/mol. The average molecular weight is 259 g/mol. The number of thioether (sulfide) groups is 1. The summed E-state index contributed by atoms with van der Waals surface area (Å²) in [6.07, 6.45) is 9.49. The predicted octanol–water partition coefficient (Wildman–Crippen LogP) is 3.02. The lowest BCUT2D eigenvalue weighted by atomic mass is 9.97. The Hall–Kier alpha value is -0.220. The molecule has 1 unspecified atom stereocenters. The molecule has 0 aromatic rings. The van der Waals surface area contributed by atoms with Crippen molar-refractivity contribution < 1.29 is 9.90 Å². The molecule has 0 bridgehead atoms. The summed E-state index contributed by atoms with van der Waals surface area (Å²) in [6, 6.07) is 0. The fraction of sp³-hybridized carbons (Fsp3) is 0.923. The number of nitrogens with two attached hydrogens (primary N) is 1. The van der Waals surface area contributed by atoms with E-state index in [1.54, 1.807) is 6.92 Å². The van der Waals surface area contributed by atoms with Crippen LogP contribution in [0.15, 0.2) is 0 Å². The molecule has 0 aromatic heterocycles.